The van der Waals surface area contributed by atoms with E-state index < -0.39 is 0 Å². The van der Waals surface area contributed by atoms with Crippen LogP contribution < -0.4 is 0 Å². The maximum atomic E-state index is 9.14. The van der Waals surface area contributed by atoms with Crippen LogP contribution in [0.2, 0.25) is 0 Å². The highest BCUT2D eigenvalue weighted by Crippen LogP contribution is 2.46. The summed E-state index contributed by atoms with van der Waals surface area (Å²) in [5, 5.41) is 12.7. The largest absolute Gasteiger partial charge is 0.411 e. The van der Waals surface area contributed by atoms with Crippen molar-refractivity contribution in [2.45, 2.75) is 13.3 Å². The van der Waals surface area contributed by atoms with Crippen LogP contribution >= 0.6 is 23.5 Å². The summed E-state index contributed by atoms with van der Waals surface area (Å²) in [7, 11) is 0. The first-order valence-electron chi connectivity index (χ1n) is 5.19. The summed E-state index contributed by atoms with van der Waals surface area (Å²) >= 11 is 3.86. The average Bonchev–Trinajstić information content (AvgIpc) is 2.24. The lowest BCUT2D eigenvalue weighted by Gasteiger charge is -2.43. The molecule has 1 fully saturated rings. The van der Waals surface area contributed by atoms with Crippen molar-refractivity contribution in [3.8, 4) is 0 Å². The van der Waals surface area contributed by atoms with E-state index in [-0.39, 0.29) is 5.41 Å². The van der Waals surface area contributed by atoms with Crippen molar-refractivity contribution in [3.63, 3.8) is 0 Å². The standard InChI is InChI=1S/C11H17NOS2/c1-8-3-10(12-13)11(6-14-2)4-9(8)5-15-7-11/h3,9,13H,4-7H2,1-2H3. The lowest BCUT2D eigenvalue weighted by molar-refractivity contribution is 0.302. The summed E-state index contributed by atoms with van der Waals surface area (Å²) in [6.45, 7) is 2.16. The van der Waals surface area contributed by atoms with Crippen molar-refractivity contribution in [1.29, 1.82) is 0 Å². The SMILES string of the molecule is CSCC12CSCC(C1)C(C)=CC2=NO. The van der Waals surface area contributed by atoms with Crippen molar-refractivity contribution >= 4 is 29.2 Å². The highest BCUT2D eigenvalue weighted by atomic mass is 32.2. The third-order valence-electron chi connectivity index (χ3n) is 3.41. The molecule has 0 amide bonds. The molecule has 2 aliphatic rings. The Kier molecular flexibility index (Phi) is 3.36. The zero-order chi connectivity index (χ0) is 10.9. The second-order valence-electron chi connectivity index (χ2n) is 4.50. The first-order chi connectivity index (χ1) is 7.22. The first-order valence-corrected chi connectivity index (χ1v) is 7.74. The second kappa shape index (κ2) is 4.42. The molecule has 0 radical (unpaired) electrons. The Morgan fingerprint density at radius 2 is 2.53 bits per heavy atom. The molecule has 2 unspecified atom stereocenters. The molecule has 4 heteroatoms. The van der Waals surface area contributed by atoms with Gasteiger partial charge < -0.3 is 5.21 Å². The molecule has 2 nitrogen and oxygen atoms in total. The van der Waals surface area contributed by atoms with Crippen LogP contribution in [-0.2, 0) is 0 Å². The number of thioether (sulfide) groups is 2. The quantitative estimate of drug-likeness (QED) is 0.598. The maximum Gasteiger partial charge on any atom is 0.0873 e. The molecule has 2 bridgehead atoms. The summed E-state index contributed by atoms with van der Waals surface area (Å²) in [5.41, 5.74) is 2.41. The van der Waals surface area contributed by atoms with Gasteiger partial charge in [-0.15, -0.1) is 0 Å². The van der Waals surface area contributed by atoms with E-state index in [1.807, 2.05) is 23.5 Å². The van der Waals surface area contributed by atoms with Crippen molar-refractivity contribution in [1.82, 2.24) is 0 Å². The number of rotatable bonds is 2. The Bertz CT molecular complexity index is 310. The summed E-state index contributed by atoms with van der Waals surface area (Å²) < 4.78 is 0. The van der Waals surface area contributed by atoms with E-state index in [0.717, 1.165) is 17.2 Å². The molecule has 1 saturated heterocycles. The van der Waals surface area contributed by atoms with Crippen LogP contribution in [0.5, 0.6) is 0 Å². The minimum absolute atomic E-state index is 0.126. The van der Waals surface area contributed by atoms with Crippen molar-refractivity contribution in [2.75, 3.05) is 23.5 Å². The number of nitrogens with zero attached hydrogens (tertiary/aromatic N) is 1. The molecular weight excluding hydrogens is 226 g/mol. The first kappa shape index (κ1) is 11.4. The molecule has 0 saturated carbocycles. The van der Waals surface area contributed by atoms with Gasteiger partial charge in [-0.2, -0.15) is 23.5 Å². The van der Waals surface area contributed by atoms with Gasteiger partial charge in [-0.3, -0.25) is 0 Å². The van der Waals surface area contributed by atoms with Crippen molar-refractivity contribution in [2.24, 2.45) is 16.5 Å². The van der Waals surface area contributed by atoms with Crippen LogP contribution in [0.3, 0.4) is 0 Å². The summed E-state index contributed by atoms with van der Waals surface area (Å²) in [5.74, 6) is 4.10. The molecule has 2 rings (SSSR count). The van der Waals surface area contributed by atoms with E-state index >= 15 is 0 Å². The predicted molar refractivity (Wildman–Crippen MR) is 69.2 cm³/mol. The predicted octanol–water partition coefficient (Wildman–Crippen LogP) is 2.88. The minimum atomic E-state index is 0.126. The molecule has 84 valence electrons. The molecule has 0 aromatic rings. The fourth-order valence-electron chi connectivity index (χ4n) is 2.53. The Balaban J connectivity index is 2.36. The van der Waals surface area contributed by atoms with Crippen LogP contribution in [-0.4, -0.2) is 34.4 Å². The van der Waals surface area contributed by atoms with E-state index in [4.69, 9.17) is 5.21 Å². The monoisotopic (exact) mass is 243 g/mol. The Hall–Kier alpha value is -0.0900. The van der Waals surface area contributed by atoms with Crippen LogP contribution in [0, 0.1) is 11.3 Å². The van der Waals surface area contributed by atoms with E-state index in [9.17, 15) is 0 Å². The van der Waals surface area contributed by atoms with Gasteiger partial charge in [0, 0.05) is 16.9 Å². The van der Waals surface area contributed by atoms with Crippen molar-refractivity contribution in [3.05, 3.63) is 11.6 Å². The van der Waals surface area contributed by atoms with Crippen molar-refractivity contribution < 1.29 is 5.21 Å². The molecule has 1 N–H and O–H groups in total. The van der Waals surface area contributed by atoms with Gasteiger partial charge in [0.2, 0.25) is 0 Å². The summed E-state index contributed by atoms with van der Waals surface area (Å²) in [4.78, 5) is 0. The number of fused-ring (bicyclic) bond motifs is 2. The third-order valence-corrected chi connectivity index (χ3v) is 5.65. The second-order valence-corrected chi connectivity index (χ2v) is 6.40. The van der Waals surface area contributed by atoms with Gasteiger partial charge in [0.1, 0.15) is 0 Å². The highest BCUT2D eigenvalue weighted by Gasteiger charge is 2.43. The molecule has 0 spiro atoms. The summed E-state index contributed by atoms with van der Waals surface area (Å²) in [6.07, 6.45) is 5.40. The van der Waals surface area contributed by atoms with E-state index in [1.54, 1.807) is 0 Å². The fourth-order valence-corrected chi connectivity index (χ4v) is 5.12. The highest BCUT2D eigenvalue weighted by molar-refractivity contribution is 8.00. The van der Waals surface area contributed by atoms with Gasteiger partial charge in [-0.1, -0.05) is 10.7 Å². The average molecular weight is 243 g/mol. The van der Waals surface area contributed by atoms with Crippen LogP contribution in [0.4, 0.5) is 0 Å². The zero-order valence-corrected chi connectivity index (χ0v) is 10.8. The molecule has 1 aliphatic heterocycles. The van der Waals surface area contributed by atoms with Gasteiger partial charge >= 0.3 is 0 Å². The molecule has 0 aromatic heterocycles. The lowest BCUT2D eigenvalue weighted by atomic mass is 9.71. The van der Waals surface area contributed by atoms with Gasteiger partial charge in [0.15, 0.2) is 0 Å². The Morgan fingerprint density at radius 3 is 3.20 bits per heavy atom. The number of hydrogen-bond donors (Lipinski definition) is 1. The van der Waals surface area contributed by atoms with Gasteiger partial charge in [0.05, 0.1) is 5.71 Å². The smallest absolute Gasteiger partial charge is 0.0873 e. The topological polar surface area (TPSA) is 32.6 Å². The van der Waals surface area contributed by atoms with Crippen LogP contribution in [0.25, 0.3) is 0 Å². The normalized spacial score (nSPS) is 37.9. The maximum absolute atomic E-state index is 9.14. The lowest BCUT2D eigenvalue weighted by Crippen LogP contribution is -2.44. The molecule has 1 heterocycles. The molecule has 0 aromatic carbocycles. The van der Waals surface area contributed by atoms with Crippen LogP contribution in [0.15, 0.2) is 16.8 Å². The Labute approximate surface area is 99.6 Å². The van der Waals surface area contributed by atoms with E-state index in [1.165, 1.54) is 17.7 Å². The number of allylic oxidation sites excluding steroid dienone is 2. The number of hydrogen-bond acceptors (Lipinski definition) is 4. The van der Waals surface area contributed by atoms with Gasteiger partial charge in [0.25, 0.3) is 0 Å². The molecule has 15 heavy (non-hydrogen) atoms. The molecular formula is C11H17NOS2. The van der Waals surface area contributed by atoms with Crippen LogP contribution in [0.1, 0.15) is 13.3 Å². The number of oxime groups is 1. The minimum Gasteiger partial charge on any atom is -0.411 e. The van der Waals surface area contributed by atoms with E-state index in [2.05, 4.69) is 24.4 Å². The molecule has 2 atom stereocenters. The summed E-state index contributed by atoms with van der Waals surface area (Å²) in [6, 6.07) is 0. The van der Waals surface area contributed by atoms with Gasteiger partial charge in [-0.25, -0.2) is 0 Å². The zero-order valence-electron chi connectivity index (χ0n) is 9.19. The Morgan fingerprint density at radius 1 is 1.73 bits per heavy atom. The van der Waals surface area contributed by atoms with E-state index in [0.29, 0.717) is 5.92 Å². The fraction of sp³-hybridized carbons (Fsp3) is 0.727. The van der Waals surface area contributed by atoms with Gasteiger partial charge in [-0.05, 0) is 37.3 Å². The molecule has 1 aliphatic carbocycles. The third kappa shape index (κ3) is 1.94.